The van der Waals surface area contributed by atoms with Gasteiger partial charge in [0.2, 0.25) is 5.91 Å². The van der Waals surface area contributed by atoms with Gasteiger partial charge in [0.15, 0.2) is 0 Å². The predicted octanol–water partition coefficient (Wildman–Crippen LogP) is 1.08. The van der Waals surface area contributed by atoms with E-state index in [0.717, 1.165) is 42.4 Å². The minimum atomic E-state index is -0.465. The summed E-state index contributed by atoms with van der Waals surface area (Å²) in [5.74, 6) is 2.01. The van der Waals surface area contributed by atoms with Crippen LogP contribution in [0.15, 0.2) is 0 Å². The molecule has 7 nitrogen and oxygen atoms in total. The van der Waals surface area contributed by atoms with Crippen molar-refractivity contribution in [3.8, 4) is 0 Å². The average Bonchev–Trinajstić information content (AvgIpc) is 2.43. The van der Waals surface area contributed by atoms with Gasteiger partial charge in [0, 0.05) is 25.1 Å². The first-order valence-corrected chi connectivity index (χ1v) is 7.29. The highest BCUT2D eigenvalue weighted by atomic mass is 16.5. The zero-order valence-corrected chi connectivity index (χ0v) is 13.0. The molecule has 1 rings (SSSR count). The summed E-state index contributed by atoms with van der Waals surface area (Å²) in [4.78, 5) is 19.6. The van der Waals surface area contributed by atoms with E-state index >= 15 is 0 Å². The van der Waals surface area contributed by atoms with E-state index in [1.807, 2.05) is 13.8 Å². The number of nitrogens with one attached hydrogen (secondary N) is 2. The Kier molecular flexibility index (Phi) is 7.45. The van der Waals surface area contributed by atoms with E-state index in [4.69, 9.17) is 10.5 Å². The van der Waals surface area contributed by atoms with Crippen molar-refractivity contribution in [2.75, 3.05) is 36.9 Å². The average molecular weight is 295 g/mol. The molecule has 118 valence electrons. The molecule has 0 fully saturated rings. The quantitative estimate of drug-likeness (QED) is 0.558. The standard InChI is InChI=1S/C14H25N5O2/c1-4-6-12-18-13(16-5-2)10(3)14(19-12)17-7-8-21-9-11(15)20/h4-9H2,1-3H3,(H2,15,20)(H2,16,17,18,19). The molecule has 1 amide bonds. The van der Waals surface area contributed by atoms with Crippen LogP contribution in [-0.2, 0) is 16.0 Å². The first-order chi connectivity index (χ1) is 10.1. The Bertz CT molecular complexity index is 465. The van der Waals surface area contributed by atoms with E-state index in [-0.39, 0.29) is 6.61 Å². The first-order valence-electron chi connectivity index (χ1n) is 7.29. The Morgan fingerprint density at radius 1 is 1.24 bits per heavy atom. The van der Waals surface area contributed by atoms with E-state index in [2.05, 4.69) is 27.5 Å². The Labute approximate surface area is 125 Å². The molecule has 0 spiro atoms. The molecule has 7 heteroatoms. The fraction of sp³-hybridized carbons (Fsp3) is 0.643. The van der Waals surface area contributed by atoms with Crippen LogP contribution in [0.1, 0.15) is 31.7 Å². The molecule has 1 aromatic heterocycles. The fourth-order valence-corrected chi connectivity index (χ4v) is 1.82. The van der Waals surface area contributed by atoms with Crippen molar-refractivity contribution in [1.29, 1.82) is 0 Å². The van der Waals surface area contributed by atoms with Crippen LogP contribution in [-0.4, -0.2) is 42.2 Å². The van der Waals surface area contributed by atoms with Crippen molar-refractivity contribution in [3.63, 3.8) is 0 Å². The van der Waals surface area contributed by atoms with Crippen LogP contribution in [0.4, 0.5) is 11.6 Å². The molecule has 0 aliphatic carbocycles. The van der Waals surface area contributed by atoms with Crippen LogP contribution in [0, 0.1) is 6.92 Å². The van der Waals surface area contributed by atoms with Crippen LogP contribution in [0.25, 0.3) is 0 Å². The molecule has 0 bridgehead atoms. The van der Waals surface area contributed by atoms with E-state index in [1.54, 1.807) is 0 Å². The number of anilines is 2. The number of hydrogen-bond acceptors (Lipinski definition) is 6. The van der Waals surface area contributed by atoms with Gasteiger partial charge < -0.3 is 21.1 Å². The second-order valence-electron chi connectivity index (χ2n) is 4.69. The predicted molar refractivity (Wildman–Crippen MR) is 83.4 cm³/mol. The van der Waals surface area contributed by atoms with E-state index in [1.165, 1.54) is 0 Å². The fourth-order valence-electron chi connectivity index (χ4n) is 1.82. The second kappa shape index (κ2) is 9.12. The Hall–Kier alpha value is -1.89. The van der Waals surface area contributed by atoms with E-state index < -0.39 is 5.91 Å². The summed E-state index contributed by atoms with van der Waals surface area (Å²) >= 11 is 0. The van der Waals surface area contributed by atoms with Gasteiger partial charge in [0.25, 0.3) is 0 Å². The largest absolute Gasteiger partial charge is 0.370 e. The number of carbonyl (C=O) groups excluding carboxylic acids is 1. The van der Waals surface area contributed by atoms with Gasteiger partial charge in [-0.25, -0.2) is 9.97 Å². The number of amides is 1. The van der Waals surface area contributed by atoms with E-state index in [0.29, 0.717) is 13.2 Å². The topological polar surface area (TPSA) is 102 Å². The number of hydrogen-bond donors (Lipinski definition) is 3. The maximum atomic E-state index is 10.6. The maximum Gasteiger partial charge on any atom is 0.243 e. The molecule has 0 saturated heterocycles. The molecule has 1 heterocycles. The Balaban J connectivity index is 2.67. The summed E-state index contributed by atoms with van der Waals surface area (Å²) < 4.78 is 5.12. The molecule has 0 atom stereocenters. The van der Waals surface area contributed by atoms with Crippen molar-refractivity contribution in [2.24, 2.45) is 5.73 Å². The Morgan fingerprint density at radius 3 is 2.48 bits per heavy atom. The van der Waals surface area contributed by atoms with Crippen LogP contribution in [0.5, 0.6) is 0 Å². The van der Waals surface area contributed by atoms with Crippen molar-refractivity contribution in [1.82, 2.24) is 9.97 Å². The smallest absolute Gasteiger partial charge is 0.243 e. The molecule has 0 aromatic carbocycles. The number of nitrogens with zero attached hydrogens (tertiary/aromatic N) is 2. The number of carbonyl (C=O) groups is 1. The van der Waals surface area contributed by atoms with Crippen molar-refractivity contribution < 1.29 is 9.53 Å². The third-order valence-electron chi connectivity index (χ3n) is 2.79. The van der Waals surface area contributed by atoms with Gasteiger partial charge in [-0.05, 0) is 20.3 Å². The minimum absolute atomic E-state index is 0.0613. The zero-order valence-electron chi connectivity index (χ0n) is 13.0. The van der Waals surface area contributed by atoms with Gasteiger partial charge in [0.1, 0.15) is 24.1 Å². The van der Waals surface area contributed by atoms with Crippen LogP contribution in [0.2, 0.25) is 0 Å². The van der Waals surface area contributed by atoms with Gasteiger partial charge >= 0.3 is 0 Å². The molecule has 0 radical (unpaired) electrons. The van der Waals surface area contributed by atoms with Gasteiger partial charge in [-0.1, -0.05) is 6.92 Å². The molecular weight excluding hydrogens is 270 g/mol. The molecule has 0 aliphatic rings. The number of rotatable bonds is 10. The van der Waals surface area contributed by atoms with Crippen molar-refractivity contribution >= 4 is 17.5 Å². The SMILES string of the molecule is CCCc1nc(NCC)c(C)c(NCCOCC(N)=O)n1. The normalized spacial score (nSPS) is 10.4. The maximum absolute atomic E-state index is 10.6. The lowest BCUT2D eigenvalue weighted by atomic mass is 10.2. The minimum Gasteiger partial charge on any atom is -0.370 e. The number of aryl methyl sites for hydroxylation is 1. The molecule has 0 saturated carbocycles. The molecule has 1 aromatic rings. The number of ether oxygens (including phenoxy) is 1. The monoisotopic (exact) mass is 295 g/mol. The van der Waals surface area contributed by atoms with Crippen LogP contribution >= 0.6 is 0 Å². The summed E-state index contributed by atoms with van der Waals surface area (Å²) in [6, 6.07) is 0. The van der Waals surface area contributed by atoms with Crippen molar-refractivity contribution in [3.05, 3.63) is 11.4 Å². The molecule has 21 heavy (non-hydrogen) atoms. The number of primary amides is 1. The summed E-state index contributed by atoms with van der Waals surface area (Å²) in [7, 11) is 0. The lowest BCUT2D eigenvalue weighted by Crippen LogP contribution is -2.21. The summed E-state index contributed by atoms with van der Waals surface area (Å²) in [6.45, 7) is 7.81. The van der Waals surface area contributed by atoms with Gasteiger partial charge in [-0.3, -0.25) is 4.79 Å². The first kappa shape index (κ1) is 17.2. The summed E-state index contributed by atoms with van der Waals surface area (Å²) in [5.41, 5.74) is 5.98. The third-order valence-corrected chi connectivity index (χ3v) is 2.79. The Morgan fingerprint density at radius 2 is 1.90 bits per heavy atom. The van der Waals surface area contributed by atoms with Gasteiger partial charge in [-0.2, -0.15) is 0 Å². The highest BCUT2D eigenvalue weighted by molar-refractivity contribution is 5.74. The number of nitrogens with two attached hydrogens (primary N) is 1. The van der Waals surface area contributed by atoms with Crippen LogP contribution in [0.3, 0.4) is 0 Å². The van der Waals surface area contributed by atoms with Gasteiger partial charge in [-0.15, -0.1) is 0 Å². The lowest BCUT2D eigenvalue weighted by molar-refractivity contribution is -0.122. The third kappa shape index (κ3) is 5.95. The number of aromatic nitrogens is 2. The zero-order chi connectivity index (χ0) is 15.7. The molecule has 4 N–H and O–H groups in total. The second-order valence-corrected chi connectivity index (χ2v) is 4.69. The molecule has 0 aliphatic heterocycles. The molecular formula is C14H25N5O2. The molecule has 0 unspecified atom stereocenters. The summed E-state index contributed by atoms with van der Waals surface area (Å²) in [5, 5.41) is 6.46. The van der Waals surface area contributed by atoms with Gasteiger partial charge in [0.05, 0.1) is 6.61 Å². The van der Waals surface area contributed by atoms with Crippen LogP contribution < -0.4 is 16.4 Å². The summed E-state index contributed by atoms with van der Waals surface area (Å²) in [6.07, 6.45) is 1.83. The lowest BCUT2D eigenvalue weighted by Gasteiger charge is -2.14. The highest BCUT2D eigenvalue weighted by Crippen LogP contribution is 2.20. The van der Waals surface area contributed by atoms with E-state index in [9.17, 15) is 4.79 Å². The van der Waals surface area contributed by atoms with Crippen molar-refractivity contribution in [2.45, 2.75) is 33.6 Å². The highest BCUT2D eigenvalue weighted by Gasteiger charge is 2.09.